The molecule has 2 N–H and O–H groups in total. The molecule has 0 aromatic heterocycles. The predicted molar refractivity (Wildman–Crippen MR) is 112 cm³/mol. The fourth-order valence-electron chi connectivity index (χ4n) is 2.55. The van der Waals surface area contributed by atoms with Gasteiger partial charge in [0.15, 0.2) is 0 Å². The summed E-state index contributed by atoms with van der Waals surface area (Å²) in [6.45, 7) is 2.96. The molecule has 3 rings (SSSR count). The highest BCUT2D eigenvalue weighted by Crippen LogP contribution is 2.23. The third-order valence-electron chi connectivity index (χ3n) is 4.13. The van der Waals surface area contributed by atoms with E-state index in [1.54, 1.807) is 19.1 Å². The van der Waals surface area contributed by atoms with Gasteiger partial charge in [0, 0.05) is 22.8 Å². The summed E-state index contributed by atoms with van der Waals surface area (Å²) in [4.78, 5) is 1.23. The zero-order valence-corrected chi connectivity index (χ0v) is 16.0. The number of ether oxygens (including phenoxy) is 1. The summed E-state index contributed by atoms with van der Waals surface area (Å²) in [5, 5.41) is 3.44. The Bertz CT molecular complexity index is 816. The van der Waals surface area contributed by atoms with Crippen molar-refractivity contribution in [2.24, 2.45) is 0 Å². The number of hydrogen-bond donors (Lipinski definition) is 2. The van der Waals surface area contributed by atoms with Gasteiger partial charge in [-0.05, 0) is 78.0 Å². The molecule has 3 nitrogen and oxygen atoms in total. The Morgan fingerprint density at radius 1 is 0.846 bits per heavy atom. The van der Waals surface area contributed by atoms with E-state index in [-0.39, 0.29) is 0 Å². The van der Waals surface area contributed by atoms with Crippen LogP contribution in [0.2, 0.25) is 0 Å². The fourth-order valence-corrected chi connectivity index (χ4v) is 3.28. The lowest BCUT2D eigenvalue weighted by Crippen LogP contribution is -1.99. The molecule has 0 unspecified atom stereocenters. The van der Waals surface area contributed by atoms with Crippen LogP contribution in [0.3, 0.4) is 0 Å². The van der Waals surface area contributed by atoms with E-state index in [2.05, 4.69) is 77.6 Å². The second-order valence-corrected chi connectivity index (χ2v) is 6.86. The number of hydrogen-bond acceptors (Lipinski definition) is 4. The maximum absolute atomic E-state index is 5.18. The zero-order chi connectivity index (χ0) is 18.2. The van der Waals surface area contributed by atoms with Crippen LogP contribution < -0.4 is 14.8 Å². The third-order valence-corrected chi connectivity index (χ3v) is 4.96. The van der Waals surface area contributed by atoms with E-state index in [4.69, 9.17) is 4.74 Å². The van der Waals surface area contributed by atoms with Crippen LogP contribution in [0.25, 0.3) is 0 Å². The molecule has 26 heavy (non-hydrogen) atoms. The van der Waals surface area contributed by atoms with Crippen LogP contribution in [-0.4, -0.2) is 7.11 Å². The average molecular weight is 365 g/mol. The van der Waals surface area contributed by atoms with Crippen molar-refractivity contribution in [2.75, 3.05) is 17.1 Å². The molecule has 0 aliphatic heterocycles. The van der Waals surface area contributed by atoms with Gasteiger partial charge in [0.2, 0.25) is 0 Å². The van der Waals surface area contributed by atoms with Gasteiger partial charge >= 0.3 is 0 Å². The lowest BCUT2D eigenvalue weighted by Gasteiger charge is -2.10. The lowest BCUT2D eigenvalue weighted by molar-refractivity contribution is 0.414. The first kappa shape index (κ1) is 18.2. The minimum Gasteiger partial charge on any atom is -0.497 e. The second-order valence-electron chi connectivity index (χ2n) is 5.98. The highest BCUT2D eigenvalue weighted by atomic mass is 32.2. The van der Waals surface area contributed by atoms with E-state index in [1.807, 2.05) is 12.1 Å². The summed E-state index contributed by atoms with van der Waals surface area (Å²) in [6, 6.07) is 25.1. The number of anilines is 2. The molecule has 0 atom stereocenters. The molecule has 0 spiro atoms. The van der Waals surface area contributed by atoms with Crippen LogP contribution in [-0.2, 0) is 13.0 Å². The van der Waals surface area contributed by atoms with Crippen molar-refractivity contribution in [1.29, 1.82) is 0 Å². The van der Waals surface area contributed by atoms with Gasteiger partial charge in [0.1, 0.15) is 5.75 Å². The molecule has 0 saturated carbocycles. The first-order valence-electron chi connectivity index (χ1n) is 8.75. The fraction of sp³-hybridized carbons (Fsp3) is 0.182. The topological polar surface area (TPSA) is 33.3 Å². The van der Waals surface area contributed by atoms with Gasteiger partial charge in [-0.25, -0.2) is 0 Å². The van der Waals surface area contributed by atoms with Gasteiger partial charge in [0.25, 0.3) is 0 Å². The lowest BCUT2D eigenvalue weighted by atomic mass is 10.2. The summed E-state index contributed by atoms with van der Waals surface area (Å²) in [6.07, 6.45) is 1.06. The van der Waals surface area contributed by atoms with E-state index in [0.717, 1.165) is 30.1 Å². The predicted octanol–water partition coefficient (Wildman–Crippen LogP) is 5.99. The van der Waals surface area contributed by atoms with Crippen molar-refractivity contribution in [1.82, 2.24) is 0 Å². The van der Waals surface area contributed by atoms with Gasteiger partial charge in [-0.3, -0.25) is 0 Å². The van der Waals surface area contributed by atoms with Crippen LogP contribution in [0.5, 0.6) is 5.75 Å². The number of methoxy groups -OCH3 is 1. The maximum atomic E-state index is 5.18. The minimum atomic E-state index is 0.787. The van der Waals surface area contributed by atoms with E-state index in [0.29, 0.717) is 0 Å². The zero-order valence-electron chi connectivity index (χ0n) is 15.2. The number of aryl methyl sites for hydroxylation is 1. The van der Waals surface area contributed by atoms with E-state index < -0.39 is 0 Å². The van der Waals surface area contributed by atoms with Gasteiger partial charge in [0.05, 0.1) is 7.11 Å². The Kier molecular flexibility index (Phi) is 6.45. The SMILES string of the molecule is CCc1cccc(SNc2ccc(NCc3ccc(OC)cc3)cc2)c1. The smallest absolute Gasteiger partial charge is 0.118 e. The summed E-state index contributed by atoms with van der Waals surface area (Å²) >= 11 is 1.64. The highest BCUT2D eigenvalue weighted by molar-refractivity contribution is 8.00. The van der Waals surface area contributed by atoms with Crippen LogP contribution in [0, 0.1) is 0 Å². The van der Waals surface area contributed by atoms with Crippen molar-refractivity contribution >= 4 is 23.3 Å². The number of benzene rings is 3. The Morgan fingerprint density at radius 2 is 1.58 bits per heavy atom. The third kappa shape index (κ3) is 5.20. The van der Waals surface area contributed by atoms with E-state index >= 15 is 0 Å². The summed E-state index contributed by atoms with van der Waals surface area (Å²) in [5.74, 6) is 0.881. The number of rotatable bonds is 8. The summed E-state index contributed by atoms with van der Waals surface area (Å²) in [5.41, 5.74) is 4.77. The van der Waals surface area contributed by atoms with Crippen LogP contribution in [0.4, 0.5) is 11.4 Å². The van der Waals surface area contributed by atoms with E-state index in [9.17, 15) is 0 Å². The van der Waals surface area contributed by atoms with Crippen molar-refractivity contribution in [2.45, 2.75) is 24.8 Å². The van der Waals surface area contributed by atoms with Crippen LogP contribution >= 0.6 is 11.9 Å². The van der Waals surface area contributed by atoms with Crippen molar-refractivity contribution < 1.29 is 4.74 Å². The van der Waals surface area contributed by atoms with Crippen LogP contribution in [0.15, 0.2) is 77.7 Å². The van der Waals surface area contributed by atoms with Crippen molar-refractivity contribution in [3.8, 4) is 5.75 Å². The van der Waals surface area contributed by atoms with E-state index in [1.165, 1.54) is 16.0 Å². The molecular formula is C22H24N2OS. The molecule has 4 heteroatoms. The summed E-state index contributed by atoms with van der Waals surface area (Å²) < 4.78 is 8.58. The van der Waals surface area contributed by atoms with Crippen LogP contribution in [0.1, 0.15) is 18.1 Å². The second kappa shape index (κ2) is 9.20. The van der Waals surface area contributed by atoms with Gasteiger partial charge < -0.3 is 14.8 Å². The Balaban J connectivity index is 1.51. The maximum Gasteiger partial charge on any atom is 0.118 e. The Morgan fingerprint density at radius 3 is 2.27 bits per heavy atom. The van der Waals surface area contributed by atoms with Gasteiger partial charge in [-0.2, -0.15) is 0 Å². The molecule has 3 aromatic rings. The molecule has 0 heterocycles. The van der Waals surface area contributed by atoms with Gasteiger partial charge in [-0.1, -0.05) is 31.2 Å². The first-order chi connectivity index (χ1) is 12.8. The molecule has 0 radical (unpaired) electrons. The molecular weight excluding hydrogens is 340 g/mol. The van der Waals surface area contributed by atoms with Gasteiger partial charge in [-0.15, -0.1) is 0 Å². The quantitative estimate of drug-likeness (QED) is 0.481. The standard InChI is InChI=1S/C22H24N2OS/c1-3-17-5-4-6-22(15-17)26-24-20-11-9-19(10-12-20)23-16-18-7-13-21(25-2)14-8-18/h4-15,23-24H,3,16H2,1-2H3. The molecule has 0 fully saturated rings. The van der Waals surface area contributed by atoms with Crippen molar-refractivity contribution in [3.05, 3.63) is 83.9 Å². The summed E-state index contributed by atoms with van der Waals surface area (Å²) in [7, 11) is 1.68. The monoisotopic (exact) mass is 364 g/mol. The minimum absolute atomic E-state index is 0.787. The molecule has 134 valence electrons. The molecule has 0 saturated heterocycles. The normalized spacial score (nSPS) is 10.4. The molecule has 0 aliphatic rings. The first-order valence-corrected chi connectivity index (χ1v) is 9.57. The largest absolute Gasteiger partial charge is 0.497 e. The van der Waals surface area contributed by atoms with Crippen molar-refractivity contribution in [3.63, 3.8) is 0 Å². The average Bonchev–Trinajstić information content (AvgIpc) is 2.72. The Labute approximate surface area is 159 Å². The highest BCUT2D eigenvalue weighted by Gasteiger charge is 1.99. The number of nitrogens with one attached hydrogen (secondary N) is 2. The molecule has 3 aromatic carbocycles. The molecule has 0 amide bonds. The Hall–Kier alpha value is -2.59. The molecule has 0 aliphatic carbocycles. The molecule has 0 bridgehead atoms.